The molecule has 0 radical (unpaired) electrons. The first-order valence-corrected chi connectivity index (χ1v) is 6.20. The van der Waals surface area contributed by atoms with Crippen molar-refractivity contribution in [3.8, 4) is 0 Å². The summed E-state index contributed by atoms with van der Waals surface area (Å²) in [5, 5.41) is 20.6. The van der Waals surface area contributed by atoms with Gasteiger partial charge in [0.1, 0.15) is 11.4 Å². The molecule has 1 aromatic heterocycles. The quantitative estimate of drug-likeness (QED) is 0.661. The fraction of sp³-hybridized carbons (Fsp3) is 0.231. The Bertz CT molecular complexity index is 708. The third-order valence-electron chi connectivity index (χ3n) is 2.97. The van der Waals surface area contributed by atoms with Crippen LogP contribution in [0.4, 0.5) is 17.2 Å². The van der Waals surface area contributed by atoms with Crippen molar-refractivity contribution >= 4 is 23.1 Å². The summed E-state index contributed by atoms with van der Waals surface area (Å²) >= 11 is 0. The lowest BCUT2D eigenvalue weighted by Crippen LogP contribution is -2.16. The van der Waals surface area contributed by atoms with Gasteiger partial charge >= 0.3 is 0 Å². The summed E-state index contributed by atoms with van der Waals surface area (Å²) < 4.78 is 1.50. The van der Waals surface area contributed by atoms with Crippen LogP contribution in [0, 0.1) is 17.0 Å². The fourth-order valence-electron chi connectivity index (χ4n) is 1.94. The Balaban J connectivity index is 2.37. The number of hydrogen-bond donors (Lipinski definition) is 2. The van der Waals surface area contributed by atoms with E-state index >= 15 is 0 Å². The van der Waals surface area contributed by atoms with Crippen LogP contribution in [0.5, 0.6) is 0 Å². The van der Waals surface area contributed by atoms with E-state index in [-0.39, 0.29) is 11.3 Å². The number of benzene rings is 1. The highest BCUT2D eigenvalue weighted by molar-refractivity contribution is 6.07. The van der Waals surface area contributed by atoms with E-state index in [1.807, 2.05) is 0 Å². The Morgan fingerprint density at radius 3 is 2.62 bits per heavy atom. The summed E-state index contributed by atoms with van der Waals surface area (Å²) in [5.74, 6) is -0.0801. The zero-order chi connectivity index (χ0) is 15.6. The first-order valence-electron chi connectivity index (χ1n) is 6.20. The summed E-state index contributed by atoms with van der Waals surface area (Å²) in [6.07, 6.45) is 0. The van der Waals surface area contributed by atoms with Crippen molar-refractivity contribution in [2.75, 3.05) is 17.7 Å². The van der Waals surface area contributed by atoms with Crippen LogP contribution >= 0.6 is 0 Å². The molecule has 0 saturated heterocycles. The summed E-state index contributed by atoms with van der Waals surface area (Å²) in [6.45, 7) is 1.79. The smallest absolute Gasteiger partial charge is 0.282 e. The maximum atomic E-state index is 12.3. The standard InChI is InChI=1S/C13H15N5O3/c1-8-6-12(17(3)16-8)15-13(19)10-7-9(14-2)4-5-11(10)18(20)21/h4-7,14H,1-3H3,(H,15,19). The maximum Gasteiger partial charge on any atom is 0.282 e. The van der Waals surface area contributed by atoms with E-state index in [9.17, 15) is 14.9 Å². The number of nitrogens with one attached hydrogen (secondary N) is 2. The van der Waals surface area contributed by atoms with Crippen LogP contribution in [0.1, 0.15) is 16.1 Å². The van der Waals surface area contributed by atoms with Crippen LogP contribution in [0.25, 0.3) is 0 Å². The van der Waals surface area contributed by atoms with Gasteiger partial charge in [-0.3, -0.25) is 19.6 Å². The topological polar surface area (TPSA) is 102 Å². The van der Waals surface area contributed by atoms with Gasteiger partial charge in [-0.1, -0.05) is 0 Å². The predicted octanol–water partition coefficient (Wildman–Crippen LogP) is 1.93. The number of rotatable bonds is 4. The number of carbonyl (C=O) groups excluding carboxylic acids is 1. The minimum Gasteiger partial charge on any atom is -0.388 e. The van der Waals surface area contributed by atoms with Crippen molar-refractivity contribution in [2.24, 2.45) is 7.05 Å². The lowest BCUT2D eigenvalue weighted by Gasteiger charge is -2.07. The lowest BCUT2D eigenvalue weighted by atomic mass is 10.1. The number of amides is 1. The molecule has 0 aliphatic rings. The van der Waals surface area contributed by atoms with Crippen molar-refractivity contribution in [2.45, 2.75) is 6.92 Å². The van der Waals surface area contributed by atoms with Gasteiger partial charge in [-0.2, -0.15) is 5.10 Å². The Labute approximate surface area is 120 Å². The second-order valence-corrected chi connectivity index (χ2v) is 4.49. The molecule has 0 spiro atoms. The molecule has 110 valence electrons. The average molecular weight is 289 g/mol. The summed E-state index contributed by atoms with van der Waals surface area (Å²) in [7, 11) is 3.36. The molecule has 2 aromatic rings. The number of nitro benzene ring substituents is 1. The van der Waals surface area contributed by atoms with Crippen molar-refractivity contribution in [3.63, 3.8) is 0 Å². The number of carbonyl (C=O) groups is 1. The van der Waals surface area contributed by atoms with Crippen molar-refractivity contribution in [1.29, 1.82) is 0 Å². The van der Waals surface area contributed by atoms with Gasteiger partial charge in [0.05, 0.1) is 10.6 Å². The molecule has 21 heavy (non-hydrogen) atoms. The third-order valence-corrected chi connectivity index (χ3v) is 2.97. The van der Waals surface area contributed by atoms with Gasteiger partial charge in [-0.05, 0) is 19.1 Å². The van der Waals surface area contributed by atoms with E-state index in [2.05, 4.69) is 15.7 Å². The predicted molar refractivity (Wildman–Crippen MR) is 78.5 cm³/mol. The number of nitro groups is 1. The zero-order valence-electron chi connectivity index (χ0n) is 11.9. The Morgan fingerprint density at radius 1 is 1.38 bits per heavy atom. The van der Waals surface area contributed by atoms with E-state index in [1.54, 1.807) is 33.2 Å². The molecule has 1 heterocycles. The normalized spacial score (nSPS) is 10.2. The molecule has 0 atom stereocenters. The molecule has 2 rings (SSSR count). The van der Waals surface area contributed by atoms with Gasteiger partial charge in [0.15, 0.2) is 0 Å². The van der Waals surface area contributed by atoms with Crippen molar-refractivity contribution in [1.82, 2.24) is 9.78 Å². The van der Waals surface area contributed by atoms with E-state index in [4.69, 9.17) is 0 Å². The molecule has 8 nitrogen and oxygen atoms in total. The fourth-order valence-corrected chi connectivity index (χ4v) is 1.94. The van der Waals surface area contributed by atoms with Gasteiger partial charge in [-0.25, -0.2) is 0 Å². The average Bonchev–Trinajstić information content (AvgIpc) is 2.75. The van der Waals surface area contributed by atoms with E-state index < -0.39 is 10.8 Å². The molecule has 0 aliphatic heterocycles. The molecule has 2 N–H and O–H groups in total. The highest BCUT2D eigenvalue weighted by Gasteiger charge is 2.21. The largest absolute Gasteiger partial charge is 0.388 e. The monoisotopic (exact) mass is 289 g/mol. The van der Waals surface area contributed by atoms with Crippen LogP contribution in [-0.4, -0.2) is 27.7 Å². The Hall–Kier alpha value is -2.90. The molecule has 0 aliphatic carbocycles. The molecule has 1 amide bonds. The van der Waals surface area contributed by atoms with Crippen LogP contribution in [0.3, 0.4) is 0 Å². The molecule has 0 unspecified atom stereocenters. The SMILES string of the molecule is CNc1ccc([N+](=O)[O-])c(C(=O)Nc2cc(C)nn2C)c1. The molecular weight excluding hydrogens is 274 g/mol. The second-order valence-electron chi connectivity index (χ2n) is 4.49. The van der Waals surface area contributed by atoms with Gasteiger partial charge in [0.25, 0.3) is 11.6 Å². The molecular formula is C13H15N5O3. The summed E-state index contributed by atoms with van der Waals surface area (Å²) in [5.41, 5.74) is 1.11. The number of anilines is 2. The minimum absolute atomic E-state index is 0.00861. The van der Waals surface area contributed by atoms with Crippen LogP contribution in [0.15, 0.2) is 24.3 Å². The first-order chi connectivity index (χ1) is 9.92. The van der Waals surface area contributed by atoms with E-state index in [0.717, 1.165) is 5.69 Å². The summed E-state index contributed by atoms with van der Waals surface area (Å²) in [6, 6.07) is 5.97. The van der Waals surface area contributed by atoms with Crippen LogP contribution < -0.4 is 10.6 Å². The Kier molecular flexibility index (Phi) is 3.88. The van der Waals surface area contributed by atoms with Gasteiger partial charge in [0.2, 0.25) is 0 Å². The van der Waals surface area contributed by atoms with Gasteiger partial charge < -0.3 is 10.6 Å². The van der Waals surface area contributed by atoms with Crippen LogP contribution in [0.2, 0.25) is 0 Å². The Morgan fingerprint density at radius 2 is 2.10 bits per heavy atom. The molecule has 1 aromatic carbocycles. The highest BCUT2D eigenvalue weighted by atomic mass is 16.6. The minimum atomic E-state index is -0.581. The van der Waals surface area contributed by atoms with Crippen molar-refractivity contribution in [3.05, 3.63) is 45.6 Å². The van der Waals surface area contributed by atoms with E-state index in [0.29, 0.717) is 11.5 Å². The lowest BCUT2D eigenvalue weighted by molar-refractivity contribution is -0.385. The number of aromatic nitrogens is 2. The third kappa shape index (κ3) is 2.99. The van der Waals surface area contributed by atoms with Gasteiger partial charge in [-0.15, -0.1) is 0 Å². The zero-order valence-corrected chi connectivity index (χ0v) is 11.9. The highest BCUT2D eigenvalue weighted by Crippen LogP contribution is 2.23. The molecule has 0 bridgehead atoms. The molecule has 8 heteroatoms. The van der Waals surface area contributed by atoms with Gasteiger partial charge in [0, 0.05) is 31.9 Å². The number of nitrogens with zero attached hydrogens (tertiary/aromatic N) is 3. The van der Waals surface area contributed by atoms with E-state index in [1.165, 1.54) is 16.8 Å². The second kappa shape index (κ2) is 5.61. The van der Waals surface area contributed by atoms with Crippen LogP contribution in [-0.2, 0) is 7.05 Å². The molecule has 0 fully saturated rings. The number of hydrogen-bond acceptors (Lipinski definition) is 5. The van der Waals surface area contributed by atoms with Crippen molar-refractivity contribution < 1.29 is 9.72 Å². The first kappa shape index (κ1) is 14.5. The molecule has 0 saturated carbocycles. The summed E-state index contributed by atoms with van der Waals surface area (Å²) in [4.78, 5) is 22.7. The number of aryl methyl sites for hydroxylation is 2. The maximum absolute atomic E-state index is 12.3.